The zero-order chi connectivity index (χ0) is 20.8. The second-order valence-electron chi connectivity index (χ2n) is 7.53. The van der Waals surface area contributed by atoms with Crippen LogP contribution in [0.15, 0.2) is 66.7 Å². The maximum atomic E-state index is 13.1. The van der Waals surface area contributed by atoms with Crippen LogP contribution in [0.2, 0.25) is 5.02 Å². The summed E-state index contributed by atoms with van der Waals surface area (Å²) in [5, 5.41) is 3.77. The molecule has 0 fully saturated rings. The number of nitrogens with zero attached hydrogens (tertiary/aromatic N) is 1. The lowest BCUT2D eigenvalue weighted by Crippen LogP contribution is -2.36. The molecule has 4 heteroatoms. The van der Waals surface area contributed by atoms with E-state index in [4.69, 9.17) is 11.6 Å². The van der Waals surface area contributed by atoms with Crippen LogP contribution in [-0.4, -0.2) is 17.5 Å². The Kier molecular flexibility index (Phi) is 6.95. The molecule has 3 nitrogen and oxygen atoms in total. The van der Waals surface area contributed by atoms with Gasteiger partial charge in [0.1, 0.15) is 0 Å². The van der Waals surface area contributed by atoms with Gasteiger partial charge in [-0.2, -0.15) is 0 Å². The van der Waals surface area contributed by atoms with Gasteiger partial charge in [0.15, 0.2) is 0 Å². The van der Waals surface area contributed by atoms with Gasteiger partial charge in [-0.1, -0.05) is 71.3 Å². The van der Waals surface area contributed by atoms with Gasteiger partial charge in [0, 0.05) is 23.8 Å². The van der Waals surface area contributed by atoms with Gasteiger partial charge in [0.2, 0.25) is 0 Å². The number of carbonyl (C=O) groups excluding carboxylic acids is 1. The molecule has 3 rings (SSSR count). The number of rotatable bonds is 6. The van der Waals surface area contributed by atoms with E-state index in [-0.39, 0.29) is 6.03 Å². The molecule has 0 aliphatic heterocycles. The molecule has 0 unspecified atom stereocenters. The van der Waals surface area contributed by atoms with E-state index in [2.05, 4.69) is 42.6 Å². The number of hydrogen-bond acceptors (Lipinski definition) is 1. The lowest BCUT2D eigenvalue weighted by Gasteiger charge is -2.24. The number of carbonyl (C=O) groups is 1. The topological polar surface area (TPSA) is 32.3 Å². The van der Waals surface area contributed by atoms with Gasteiger partial charge < -0.3 is 10.2 Å². The van der Waals surface area contributed by atoms with Crippen LogP contribution >= 0.6 is 11.6 Å². The zero-order valence-electron chi connectivity index (χ0n) is 17.2. The average molecular weight is 407 g/mol. The van der Waals surface area contributed by atoms with E-state index in [1.807, 2.05) is 55.1 Å². The summed E-state index contributed by atoms with van der Waals surface area (Å²) in [6, 6.07) is 22.1. The van der Waals surface area contributed by atoms with E-state index in [0.717, 1.165) is 23.2 Å². The molecule has 0 radical (unpaired) electrons. The average Bonchev–Trinajstić information content (AvgIpc) is 2.70. The van der Waals surface area contributed by atoms with E-state index >= 15 is 0 Å². The van der Waals surface area contributed by atoms with E-state index in [1.165, 1.54) is 16.7 Å². The maximum Gasteiger partial charge on any atom is 0.322 e. The van der Waals surface area contributed by atoms with Crippen LogP contribution in [0.1, 0.15) is 27.8 Å². The molecule has 0 bridgehead atoms. The summed E-state index contributed by atoms with van der Waals surface area (Å²) >= 11 is 6.01. The fourth-order valence-electron chi connectivity index (χ4n) is 3.23. The van der Waals surface area contributed by atoms with Gasteiger partial charge in [-0.05, 0) is 62.1 Å². The van der Waals surface area contributed by atoms with Gasteiger partial charge in [-0.15, -0.1) is 0 Å². The number of nitrogens with one attached hydrogen (secondary N) is 1. The largest absolute Gasteiger partial charge is 0.322 e. The quantitative estimate of drug-likeness (QED) is 0.495. The summed E-state index contributed by atoms with van der Waals surface area (Å²) in [4.78, 5) is 14.9. The van der Waals surface area contributed by atoms with E-state index in [0.29, 0.717) is 18.1 Å². The Labute approximate surface area is 178 Å². The van der Waals surface area contributed by atoms with Crippen LogP contribution in [0, 0.1) is 20.8 Å². The van der Waals surface area contributed by atoms with Gasteiger partial charge in [0.05, 0.1) is 0 Å². The zero-order valence-corrected chi connectivity index (χ0v) is 18.0. The SMILES string of the molecule is Cc1ccc(CCN(Cc2ccc(Cl)cc2)C(=O)Nc2ccc(C)cc2C)cc1. The molecule has 0 heterocycles. The summed E-state index contributed by atoms with van der Waals surface area (Å²) in [6.07, 6.45) is 0.800. The highest BCUT2D eigenvalue weighted by molar-refractivity contribution is 6.30. The van der Waals surface area contributed by atoms with Crippen LogP contribution in [0.4, 0.5) is 10.5 Å². The molecule has 0 aliphatic rings. The molecule has 0 spiro atoms. The molecular weight excluding hydrogens is 380 g/mol. The number of urea groups is 1. The fraction of sp³-hybridized carbons (Fsp3) is 0.240. The molecule has 150 valence electrons. The van der Waals surface area contributed by atoms with E-state index in [1.54, 1.807) is 0 Å². The summed E-state index contributed by atoms with van der Waals surface area (Å²) in [5.74, 6) is 0. The minimum Gasteiger partial charge on any atom is -0.320 e. The molecule has 29 heavy (non-hydrogen) atoms. The van der Waals surface area contributed by atoms with Gasteiger partial charge in [-0.3, -0.25) is 0 Å². The monoisotopic (exact) mass is 406 g/mol. The van der Waals surface area contributed by atoms with Crippen molar-refractivity contribution in [2.75, 3.05) is 11.9 Å². The third kappa shape index (κ3) is 6.10. The van der Waals surface area contributed by atoms with Crippen LogP contribution < -0.4 is 5.32 Å². The van der Waals surface area contributed by atoms with Crippen molar-refractivity contribution in [3.05, 3.63) is 99.6 Å². The second-order valence-corrected chi connectivity index (χ2v) is 7.97. The van der Waals surface area contributed by atoms with Crippen LogP contribution in [0.25, 0.3) is 0 Å². The minimum atomic E-state index is -0.0981. The Balaban J connectivity index is 1.75. The van der Waals surface area contributed by atoms with Crippen LogP contribution in [0.5, 0.6) is 0 Å². The lowest BCUT2D eigenvalue weighted by molar-refractivity contribution is 0.210. The highest BCUT2D eigenvalue weighted by Crippen LogP contribution is 2.18. The summed E-state index contributed by atoms with van der Waals surface area (Å²) in [6.45, 7) is 7.29. The van der Waals surface area contributed by atoms with Gasteiger partial charge in [-0.25, -0.2) is 4.79 Å². The molecule has 0 aromatic heterocycles. The number of aryl methyl sites for hydroxylation is 3. The Hall–Kier alpha value is -2.78. The third-order valence-corrected chi connectivity index (χ3v) is 5.24. The van der Waals surface area contributed by atoms with Crippen molar-refractivity contribution in [3.8, 4) is 0 Å². The normalized spacial score (nSPS) is 10.6. The Morgan fingerprint density at radius 1 is 0.862 bits per heavy atom. The number of benzene rings is 3. The number of amides is 2. The molecule has 0 aliphatic carbocycles. The number of anilines is 1. The minimum absolute atomic E-state index is 0.0981. The Morgan fingerprint density at radius 3 is 2.14 bits per heavy atom. The smallest absolute Gasteiger partial charge is 0.320 e. The predicted octanol–water partition coefficient (Wildman–Crippen LogP) is 6.54. The van der Waals surface area contributed by atoms with E-state index in [9.17, 15) is 4.79 Å². The highest BCUT2D eigenvalue weighted by atomic mass is 35.5. The third-order valence-electron chi connectivity index (χ3n) is 4.99. The second kappa shape index (κ2) is 9.62. The molecule has 2 amide bonds. The Bertz CT molecular complexity index is 965. The van der Waals surface area contributed by atoms with Crippen molar-refractivity contribution in [2.45, 2.75) is 33.7 Å². The standard InChI is InChI=1S/C25H27ClN2O/c1-18-4-7-21(8-5-18)14-15-28(17-22-9-11-23(26)12-10-22)25(29)27-24-13-6-19(2)16-20(24)3/h4-13,16H,14-15,17H2,1-3H3,(H,27,29). The lowest BCUT2D eigenvalue weighted by atomic mass is 10.1. The van der Waals surface area contributed by atoms with Crippen molar-refractivity contribution < 1.29 is 4.79 Å². The highest BCUT2D eigenvalue weighted by Gasteiger charge is 2.15. The number of hydrogen-bond donors (Lipinski definition) is 1. The first-order valence-corrected chi connectivity index (χ1v) is 10.2. The first-order chi connectivity index (χ1) is 13.9. The predicted molar refractivity (Wildman–Crippen MR) is 122 cm³/mol. The summed E-state index contributed by atoms with van der Waals surface area (Å²) in [7, 11) is 0. The first kappa shape index (κ1) is 20.9. The summed E-state index contributed by atoms with van der Waals surface area (Å²) < 4.78 is 0. The van der Waals surface area contributed by atoms with Crippen molar-refractivity contribution in [1.82, 2.24) is 4.90 Å². The first-order valence-electron chi connectivity index (χ1n) is 9.84. The van der Waals surface area contributed by atoms with Crippen LogP contribution in [-0.2, 0) is 13.0 Å². The van der Waals surface area contributed by atoms with Crippen molar-refractivity contribution in [1.29, 1.82) is 0 Å². The summed E-state index contributed by atoms with van der Waals surface area (Å²) in [5.41, 5.74) is 6.59. The molecule has 3 aromatic carbocycles. The van der Waals surface area contributed by atoms with Gasteiger partial charge in [0.25, 0.3) is 0 Å². The maximum absolute atomic E-state index is 13.1. The molecule has 1 N–H and O–H groups in total. The molecule has 0 saturated heterocycles. The molecule has 3 aromatic rings. The van der Waals surface area contributed by atoms with Crippen LogP contribution in [0.3, 0.4) is 0 Å². The van der Waals surface area contributed by atoms with Crippen molar-refractivity contribution in [2.24, 2.45) is 0 Å². The van der Waals surface area contributed by atoms with Crippen molar-refractivity contribution in [3.63, 3.8) is 0 Å². The molecular formula is C25H27ClN2O. The fourth-order valence-corrected chi connectivity index (χ4v) is 3.36. The number of halogens is 1. The van der Waals surface area contributed by atoms with Gasteiger partial charge >= 0.3 is 6.03 Å². The van der Waals surface area contributed by atoms with E-state index < -0.39 is 0 Å². The van der Waals surface area contributed by atoms with Crippen molar-refractivity contribution >= 4 is 23.3 Å². The Morgan fingerprint density at radius 2 is 1.48 bits per heavy atom. The molecule has 0 atom stereocenters. The molecule has 0 saturated carbocycles.